The Hall–Kier alpha value is -3.88. The smallest absolute Gasteiger partial charge is 0.338 e. The summed E-state index contributed by atoms with van der Waals surface area (Å²) in [5.74, 6) is -1.53. The first-order valence-electron chi connectivity index (χ1n) is 8.96. The van der Waals surface area contributed by atoms with E-state index in [0.717, 1.165) is 12.8 Å². The van der Waals surface area contributed by atoms with Crippen molar-refractivity contribution in [2.75, 3.05) is 17.2 Å². The van der Waals surface area contributed by atoms with Gasteiger partial charge in [0.2, 0.25) is 0 Å². The van der Waals surface area contributed by atoms with E-state index in [0.29, 0.717) is 16.9 Å². The van der Waals surface area contributed by atoms with Crippen LogP contribution >= 0.6 is 0 Å². The molecule has 1 aliphatic rings. The number of carbonyl (C=O) groups excluding carboxylic acids is 4. The zero-order valence-electron chi connectivity index (χ0n) is 15.4. The highest BCUT2D eigenvalue weighted by Crippen LogP contribution is 2.21. The lowest BCUT2D eigenvalue weighted by Crippen LogP contribution is -2.28. The third-order valence-electron chi connectivity index (χ3n) is 4.08. The van der Waals surface area contributed by atoms with E-state index in [2.05, 4.69) is 16.0 Å². The molecule has 0 aromatic heterocycles. The van der Waals surface area contributed by atoms with Gasteiger partial charge < -0.3 is 26.4 Å². The summed E-state index contributed by atoms with van der Waals surface area (Å²) < 4.78 is 4.99. The Morgan fingerprint density at radius 1 is 0.966 bits per heavy atom. The second kappa shape index (κ2) is 8.87. The number of anilines is 2. The normalized spacial score (nSPS) is 12.6. The van der Waals surface area contributed by atoms with Gasteiger partial charge in [0, 0.05) is 11.7 Å². The predicted molar refractivity (Wildman–Crippen MR) is 105 cm³/mol. The summed E-state index contributed by atoms with van der Waals surface area (Å²) in [6.07, 6.45) is 1.91. The highest BCUT2D eigenvalue weighted by Gasteiger charge is 2.25. The fraction of sp³-hybridized carbons (Fsp3) is 0.200. The van der Waals surface area contributed by atoms with E-state index < -0.39 is 24.5 Å². The average molecular weight is 396 g/mol. The van der Waals surface area contributed by atoms with Gasteiger partial charge in [0.15, 0.2) is 6.61 Å². The van der Waals surface area contributed by atoms with Crippen LogP contribution in [0.5, 0.6) is 0 Å². The second-order valence-corrected chi connectivity index (χ2v) is 6.48. The molecule has 9 heteroatoms. The van der Waals surface area contributed by atoms with Gasteiger partial charge in [0.25, 0.3) is 11.8 Å². The van der Waals surface area contributed by atoms with Crippen LogP contribution in [0.4, 0.5) is 16.2 Å². The fourth-order valence-corrected chi connectivity index (χ4v) is 2.51. The molecule has 0 heterocycles. The highest BCUT2D eigenvalue weighted by atomic mass is 16.5. The Morgan fingerprint density at radius 2 is 1.66 bits per heavy atom. The highest BCUT2D eigenvalue weighted by molar-refractivity contribution is 6.04. The van der Waals surface area contributed by atoms with E-state index in [1.54, 1.807) is 24.3 Å². The fourth-order valence-electron chi connectivity index (χ4n) is 2.51. The first-order valence-corrected chi connectivity index (χ1v) is 8.96. The topological polar surface area (TPSA) is 140 Å². The molecule has 4 amide bonds. The number of urea groups is 1. The molecular formula is C20H20N4O5. The molecule has 1 fully saturated rings. The number of nitrogens with two attached hydrogens (primary N) is 1. The monoisotopic (exact) mass is 396 g/mol. The molecule has 3 rings (SSSR count). The van der Waals surface area contributed by atoms with Crippen molar-refractivity contribution in [3.05, 3.63) is 59.7 Å². The zero-order valence-corrected chi connectivity index (χ0v) is 15.4. The van der Waals surface area contributed by atoms with E-state index in [1.807, 2.05) is 0 Å². The molecule has 0 atom stereocenters. The number of esters is 1. The predicted octanol–water partition coefficient (Wildman–Crippen LogP) is 1.86. The second-order valence-electron chi connectivity index (χ2n) is 6.48. The van der Waals surface area contributed by atoms with Gasteiger partial charge in [-0.25, -0.2) is 9.59 Å². The number of benzene rings is 2. The van der Waals surface area contributed by atoms with Gasteiger partial charge in [-0.3, -0.25) is 9.59 Å². The summed E-state index contributed by atoms with van der Waals surface area (Å²) in [4.78, 5) is 47.3. The van der Waals surface area contributed by atoms with E-state index in [1.165, 1.54) is 24.3 Å². The van der Waals surface area contributed by atoms with Gasteiger partial charge in [-0.2, -0.15) is 0 Å². The van der Waals surface area contributed by atoms with Crippen LogP contribution < -0.4 is 21.7 Å². The van der Waals surface area contributed by atoms with Crippen molar-refractivity contribution in [3.63, 3.8) is 0 Å². The van der Waals surface area contributed by atoms with Crippen LogP contribution in [0.3, 0.4) is 0 Å². The van der Waals surface area contributed by atoms with Gasteiger partial charge in [-0.1, -0.05) is 12.1 Å². The molecule has 1 saturated carbocycles. The van der Waals surface area contributed by atoms with Gasteiger partial charge in [-0.05, 0) is 49.2 Å². The zero-order chi connectivity index (χ0) is 20.8. The summed E-state index contributed by atoms with van der Waals surface area (Å²) in [6.45, 7) is -0.515. The van der Waals surface area contributed by atoms with Gasteiger partial charge in [0.1, 0.15) is 0 Å². The lowest BCUT2D eigenvalue weighted by Gasteiger charge is -2.11. The Balaban J connectivity index is 1.54. The molecule has 2 aromatic rings. The summed E-state index contributed by atoms with van der Waals surface area (Å²) in [7, 11) is 0. The minimum absolute atomic E-state index is 0.191. The number of carbonyl (C=O) groups is 4. The Bertz CT molecular complexity index is 938. The Labute approximate surface area is 166 Å². The van der Waals surface area contributed by atoms with E-state index >= 15 is 0 Å². The Morgan fingerprint density at radius 3 is 2.31 bits per heavy atom. The van der Waals surface area contributed by atoms with Gasteiger partial charge in [0.05, 0.1) is 16.8 Å². The maximum Gasteiger partial charge on any atom is 0.338 e. The molecule has 0 radical (unpaired) electrons. The number of amides is 4. The van der Waals surface area contributed by atoms with E-state index in [-0.39, 0.29) is 17.5 Å². The van der Waals surface area contributed by atoms with Crippen molar-refractivity contribution < 1.29 is 23.9 Å². The number of nitrogens with one attached hydrogen (secondary N) is 3. The van der Waals surface area contributed by atoms with Crippen molar-refractivity contribution in [3.8, 4) is 0 Å². The molecule has 0 bridgehead atoms. The van der Waals surface area contributed by atoms with Crippen molar-refractivity contribution >= 4 is 35.2 Å². The number of rotatable bonds is 7. The third-order valence-corrected chi connectivity index (χ3v) is 4.08. The van der Waals surface area contributed by atoms with Crippen LogP contribution in [0.2, 0.25) is 0 Å². The molecule has 5 N–H and O–H groups in total. The van der Waals surface area contributed by atoms with Crippen LogP contribution in [-0.4, -0.2) is 36.5 Å². The van der Waals surface area contributed by atoms with Crippen LogP contribution in [0, 0.1) is 0 Å². The van der Waals surface area contributed by atoms with Gasteiger partial charge >= 0.3 is 12.0 Å². The quantitative estimate of drug-likeness (QED) is 0.529. The minimum Gasteiger partial charge on any atom is -0.452 e. The first kappa shape index (κ1) is 19.9. The number of hydrogen-bond donors (Lipinski definition) is 4. The van der Waals surface area contributed by atoms with Crippen LogP contribution in [-0.2, 0) is 9.53 Å². The standard InChI is InChI=1S/C20H20N4O5/c21-20(28)23-14-7-5-12(6-8-14)19(27)29-11-17(25)24-16-4-2-1-3-15(16)18(26)22-13-9-10-13/h1-8,13H,9-11H2,(H,22,26)(H,24,25)(H3,21,23,28). The number of primary amides is 1. The van der Waals surface area contributed by atoms with Gasteiger partial charge in [-0.15, -0.1) is 0 Å². The van der Waals surface area contributed by atoms with Crippen molar-refractivity contribution in [2.24, 2.45) is 5.73 Å². The minimum atomic E-state index is -0.719. The summed E-state index contributed by atoms with van der Waals surface area (Å²) in [6, 6.07) is 11.9. The average Bonchev–Trinajstić information content (AvgIpc) is 3.50. The summed E-state index contributed by atoms with van der Waals surface area (Å²) >= 11 is 0. The molecule has 29 heavy (non-hydrogen) atoms. The van der Waals surface area contributed by atoms with Crippen LogP contribution in [0.25, 0.3) is 0 Å². The third kappa shape index (κ3) is 5.80. The van der Waals surface area contributed by atoms with Crippen molar-refractivity contribution in [2.45, 2.75) is 18.9 Å². The molecule has 0 saturated heterocycles. The Kier molecular flexibility index (Phi) is 6.08. The maximum absolute atomic E-state index is 12.3. The lowest BCUT2D eigenvalue weighted by atomic mass is 10.1. The molecular weight excluding hydrogens is 376 g/mol. The molecule has 0 unspecified atom stereocenters. The van der Waals surface area contributed by atoms with Crippen LogP contribution in [0.15, 0.2) is 48.5 Å². The summed E-state index contributed by atoms with van der Waals surface area (Å²) in [5.41, 5.74) is 6.33. The largest absolute Gasteiger partial charge is 0.452 e. The SMILES string of the molecule is NC(=O)Nc1ccc(C(=O)OCC(=O)Nc2ccccc2C(=O)NC2CC2)cc1. The molecule has 0 aliphatic heterocycles. The molecule has 9 nitrogen and oxygen atoms in total. The number of ether oxygens (including phenoxy) is 1. The number of para-hydroxylation sites is 1. The molecule has 1 aliphatic carbocycles. The van der Waals surface area contributed by atoms with E-state index in [9.17, 15) is 19.2 Å². The van der Waals surface area contributed by atoms with Crippen molar-refractivity contribution in [1.82, 2.24) is 5.32 Å². The maximum atomic E-state index is 12.3. The molecule has 2 aromatic carbocycles. The molecule has 0 spiro atoms. The number of hydrogen-bond acceptors (Lipinski definition) is 5. The van der Waals surface area contributed by atoms with Crippen LogP contribution in [0.1, 0.15) is 33.6 Å². The first-order chi connectivity index (χ1) is 13.9. The molecule has 150 valence electrons. The van der Waals surface area contributed by atoms with E-state index in [4.69, 9.17) is 10.5 Å². The van der Waals surface area contributed by atoms with Crippen molar-refractivity contribution in [1.29, 1.82) is 0 Å². The lowest BCUT2D eigenvalue weighted by molar-refractivity contribution is -0.119. The summed E-state index contributed by atoms with van der Waals surface area (Å²) in [5, 5.41) is 7.81.